The molecule has 0 unspecified atom stereocenters. The van der Waals surface area contributed by atoms with E-state index >= 15 is 0 Å². The molecule has 0 spiro atoms. The fourth-order valence-corrected chi connectivity index (χ4v) is 1.20. The number of methoxy groups -OCH3 is 1. The van der Waals surface area contributed by atoms with Gasteiger partial charge < -0.3 is 4.74 Å². The van der Waals surface area contributed by atoms with Crippen molar-refractivity contribution in [2.45, 2.75) is 13.8 Å². The van der Waals surface area contributed by atoms with Crippen LogP contribution in [0.15, 0.2) is 23.2 Å². The molecule has 0 aliphatic carbocycles. The summed E-state index contributed by atoms with van der Waals surface area (Å²) in [5, 5.41) is 0.524. The van der Waals surface area contributed by atoms with Crippen molar-refractivity contribution in [3.63, 3.8) is 0 Å². The maximum absolute atomic E-state index is 5.69. The SMILES string of the molecule is COc1cccc(N=C(C)Cl)c1C. The van der Waals surface area contributed by atoms with E-state index in [0.29, 0.717) is 5.17 Å². The first-order valence-corrected chi connectivity index (χ1v) is 4.37. The molecule has 0 aliphatic heterocycles. The molecule has 13 heavy (non-hydrogen) atoms. The number of nitrogens with zero attached hydrogens (tertiary/aromatic N) is 1. The van der Waals surface area contributed by atoms with Gasteiger partial charge in [0.25, 0.3) is 0 Å². The van der Waals surface area contributed by atoms with Gasteiger partial charge in [-0.05, 0) is 26.0 Å². The van der Waals surface area contributed by atoms with E-state index < -0.39 is 0 Å². The molecule has 0 aliphatic rings. The Bertz CT molecular complexity index is 330. The van der Waals surface area contributed by atoms with Gasteiger partial charge in [-0.15, -0.1) is 0 Å². The molecule has 1 rings (SSSR count). The average Bonchev–Trinajstić information content (AvgIpc) is 2.08. The van der Waals surface area contributed by atoms with E-state index in [1.165, 1.54) is 0 Å². The maximum atomic E-state index is 5.69. The highest BCUT2D eigenvalue weighted by atomic mass is 35.5. The number of hydrogen-bond donors (Lipinski definition) is 0. The zero-order valence-electron chi connectivity index (χ0n) is 7.97. The number of aliphatic imine (C=N–C) groups is 1. The van der Waals surface area contributed by atoms with Gasteiger partial charge in [-0.1, -0.05) is 17.7 Å². The van der Waals surface area contributed by atoms with Crippen LogP contribution in [0.1, 0.15) is 12.5 Å². The molecule has 1 aromatic carbocycles. The van der Waals surface area contributed by atoms with Crippen LogP contribution in [-0.4, -0.2) is 12.3 Å². The van der Waals surface area contributed by atoms with Crippen molar-refractivity contribution in [1.29, 1.82) is 0 Å². The van der Waals surface area contributed by atoms with Gasteiger partial charge in [-0.25, -0.2) is 4.99 Å². The molecule has 0 saturated carbocycles. The number of halogens is 1. The second-order valence-electron chi connectivity index (χ2n) is 2.71. The minimum absolute atomic E-state index is 0.524. The van der Waals surface area contributed by atoms with Crippen LogP contribution in [0, 0.1) is 6.92 Å². The van der Waals surface area contributed by atoms with Gasteiger partial charge in [-0.3, -0.25) is 0 Å². The Hall–Kier alpha value is -1.02. The highest BCUT2D eigenvalue weighted by Gasteiger charge is 2.02. The predicted molar refractivity (Wildman–Crippen MR) is 56.4 cm³/mol. The summed E-state index contributed by atoms with van der Waals surface area (Å²) in [6.07, 6.45) is 0. The van der Waals surface area contributed by atoms with Crippen molar-refractivity contribution >= 4 is 22.5 Å². The van der Waals surface area contributed by atoms with E-state index in [1.807, 2.05) is 25.1 Å². The monoisotopic (exact) mass is 197 g/mol. The quantitative estimate of drug-likeness (QED) is 0.667. The van der Waals surface area contributed by atoms with Crippen LogP contribution in [0.4, 0.5) is 5.69 Å². The summed E-state index contributed by atoms with van der Waals surface area (Å²) in [5.41, 5.74) is 1.86. The molecule has 0 atom stereocenters. The lowest BCUT2D eigenvalue weighted by atomic mass is 10.2. The first-order chi connectivity index (χ1) is 6.15. The fraction of sp³-hybridized carbons (Fsp3) is 0.300. The van der Waals surface area contributed by atoms with Crippen molar-refractivity contribution in [2.24, 2.45) is 4.99 Å². The summed E-state index contributed by atoms with van der Waals surface area (Å²) >= 11 is 5.69. The average molecular weight is 198 g/mol. The lowest BCUT2D eigenvalue weighted by Gasteiger charge is -2.06. The lowest BCUT2D eigenvalue weighted by Crippen LogP contribution is -1.87. The molecule has 3 heteroatoms. The smallest absolute Gasteiger partial charge is 0.123 e. The van der Waals surface area contributed by atoms with Gasteiger partial charge in [-0.2, -0.15) is 0 Å². The molecule has 0 heterocycles. The van der Waals surface area contributed by atoms with Crippen molar-refractivity contribution in [2.75, 3.05) is 7.11 Å². The van der Waals surface area contributed by atoms with Gasteiger partial charge in [0.05, 0.1) is 12.8 Å². The molecule has 0 fully saturated rings. The highest BCUT2D eigenvalue weighted by Crippen LogP contribution is 2.27. The summed E-state index contributed by atoms with van der Waals surface area (Å²) < 4.78 is 5.15. The maximum Gasteiger partial charge on any atom is 0.123 e. The van der Waals surface area contributed by atoms with Gasteiger partial charge >= 0.3 is 0 Å². The number of hydrogen-bond acceptors (Lipinski definition) is 2. The molecular formula is C10H12ClNO. The van der Waals surface area contributed by atoms with Gasteiger partial charge in [0.2, 0.25) is 0 Å². The fourth-order valence-electron chi connectivity index (χ4n) is 1.11. The molecule has 0 aromatic heterocycles. The Morgan fingerprint density at radius 1 is 1.46 bits per heavy atom. The van der Waals surface area contributed by atoms with Crippen LogP contribution < -0.4 is 4.74 Å². The number of ether oxygens (including phenoxy) is 1. The Kier molecular flexibility index (Phi) is 3.32. The Balaban J connectivity index is 3.16. The molecule has 0 saturated heterocycles. The summed E-state index contributed by atoms with van der Waals surface area (Å²) in [6.45, 7) is 3.71. The van der Waals surface area contributed by atoms with Crippen molar-refractivity contribution in [3.8, 4) is 5.75 Å². The first kappa shape index (κ1) is 10.1. The normalized spacial score (nSPS) is 11.5. The molecular weight excluding hydrogens is 186 g/mol. The van der Waals surface area contributed by atoms with Crippen molar-refractivity contribution in [3.05, 3.63) is 23.8 Å². The Labute approximate surface area is 83.2 Å². The molecule has 0 N–H and O–H groups in total. The highest BCUT2D eigenvalue weighted by molar-refractivity contribution is 6.65. The lowest BCUT2D eigenvalue weighted by molar-refractivity contribution is 0.412. The van der Waals surface area contributed by atoms with Crippen LogP contribution in [0.25, 0.3) is 0 Å². The van der Waals surface area contributed by atoms with Gasteiger partial charge in [0.1, 0.15) is 10.9 Å². The summed E-state index contributed by atoms with van der Waals surface area (Å²) in [7, 11) is 1.64. The molecule has 2 nitrogen and oxygen atoms in total. The minimum atomic E-state index is 0.524. The standard InChI is InChI=1S/C10H12ClNO/c1-7-9(12-8(2)11)5-4-6-10(7)13-3/h4-6H,1-3H3. The third-order valence-corrected chi connectivity index (χ3v) is 1.83. The minimum Gasteiger partial charge on any atom is -0.496 e. The van der Waals surface area contributed by atoms with E-state index in [-0.39, 0.29) is 0 Å². The topological polar surface area (TPSA) is 21.6 Å². The van der Waals surface area contributed by atoms with E-state index in [2.05, 4.69) is 4.99 Å². The zero-order chi connectivity index (χ0) is 9.84. The number of rotatable bonds is 2. The zero-order valence-corrected chi connectivity index (χ0v) is 8.72. The molecule has 0 bridgehead atoms. The van der Waals surface area contributed by atoms with Crippen LogP contribution in [0.2, 0.25) is 0 Å². The van der Waals surface area contributed by atoms with E-state index in [0.717, 1.165) is 17.0 Å². The molecule has 0 radical (unpaired) electrons. The largest absolute Gasteiger partial charge is 0.496 e. The van der Waals surface area contributed by atoms with Crippen molar-refractivity contribution in [1.82, 2.24) is 0 Å². The van der Waals surface area contributed by atoms with Crippen LogP contribution >= 0.6 is 11.6 Å². The summed E-state index contributed by atoms with van der Waals surface area (Å²) in [5.74, 6) is 0.833. The first-order valence-electron chi connectivity index (χ1n) is 3.99. The van der Waals surface area contributed by atoms with Gasteiger partial charge in [0.15, 0.2) is 0 Å². The van der Waals surface area contributed by atoms with Crippen LogP contribution in [0.3, 0.4) is 0 Å². The second kappa shape index (κ2) is 4.28. The van der Waals surface area contributed by atoms with E-state index in [9.17, 15) is 0 Å². The molecule has 0 amide bonds. The third kappa shape index (κ3) is 2.46. The van der Waals surface area contributed by atoms with Crippen LogP contribution in [-0.2, 0) is 0 Å². The Morgan fingerprint density at radius 3 is 2.69 bits per heavy atom. The van der Waals surface area contributed by atoms with E-state index in [4.69, 9.17) is 16.3 Å². The summed E-state index contributed by atoms with van der Waals surface area (Å²) in [4.78, 5) is 4.17. The Morgan fingerprint density at radius 2 is 2.15 bits per heavy atom. The van der Waals surface area contributed by atoms with Gasteiger partial charge in [0, 0.05) is 5.56 Å². The third-order valence-electron chi connectivity index (χ3n) is 1.75. The van der Waals surface area contributed by atoms with Crippen LogP contribution in [0.5, 0.6) is 5.75 Å². The molecule has 70 valence electrons. The van der Waals surface area contributed by atoms with Crippen molar-refractivity contribution < 1.29 is 4.74 Å². The second-order valence-corrected chi connectivity index (χ2v) is 3.26. The van der Waals surface area contributed by atoms with E-state index in [1.54, 1.807) is 14.0 Å². The predicted octanol–water partition coefficient (Wildman–Crippen LogP) is 3.29. The molecule has 1 aromatic rings. The number of benzene rings is 1. The summed E-state index contributed by atoms with van der Waals surface area (Å²) in [6, 6.07) is 5.70.